The van der Waals surface area contributed by atoms with Gasteiger partial charge < -0.3 is 9.69 Å². The third-order valence-corrected chi connectivity index (χ3v) is 2.44. The number of rotatable bonds is 5. The zero-order chi connectivity index (χ0) is 9.52. The van der Waals surface area contributed by atoms with Crippen molar-refractivity contribution in [3.63, 3.8) is 0 Å². The minimum Gasteiger partial charge on any atom is -0.366 e. The molecule has 0 radical (unpaired) electrons. The van der Waals surface area contributed by atoms with Gasteiger partial charge >= 0.3 is 0 Å². The van der Waals surface area contributed by atoms with Crippen LogP contribution >= 0.6 is 0 Å². The van der Waals surface area contributed by atoms with Crippen LogP contribution in [0.5, 0.6) is 0 Å². The average Bonchev–Trinajstić information content (AvgIpc) is 2.65. The van der Waals surface area contributed by atoms with Crippen LogP contribution in [0.1, 0.15) is 25.7 Å². The Labute approximate surface area is 79.1 Å². The largest absolute Gasteiger partial charge is 0.366 e. The van der Waals surface area contributed by atoms with Crippen molar-refractivity contribution < 1.29 is 4.79 Å². The average molecular weight is 180 g/mol. The van der Waals surface area contributed by atoms with Crippen molar-refractivity contribution in [3.8, 4) is 0 Å². The third kappa shape index (κ3) is 3.01. The maximum Gasteiger partial charge on any atom is 0.139 e. The highest BCUT2D eigenvalue weighted by atomic mass is 16.1. The fourth-order valence-electron chi connectivity index (χ4n) is 1.79. The van der Waals surface area contributed by atoms with Crippen molar-refractivity contribution >= 4 is 13.0 Å². The van der Waals surface area contributed by atoms with Crippen LogP contribution in [0.15, 0.2) is 17.4 Å². The predicted molar refractivity (Wildman–Crippen MR) is 53.7 cm³/mol. The van der Waals surface area contributed by atoms with Gasteiger partial charge in [-0.3, -0.25) is 4.99 Å². The van der Waals surface area contributed by atoms with Crippen LogP contribution in [-0.4, -0.2) is 30.5 Å². The fraction of sp³-hybridized carbons (Fsp3) is 0.600. The van der Waals surface area contributed by atoms with Crippen molar-refractivity contribution in [2.45, 2.75) is 31.7 Å². The molecular weight excluding hydrogens is 164 g/mol. The van der Waals surface area contributed by atoms with Gasteiger partial charge in [0.15, 0.2) is 0 Å². The fourth-order valence-corrected chi connectivity index (χ4v) is 1.79. The molecule has 0 saturated heterocycles. The summed E-state index contributed by atoms with van der Waals surface area (Å²) in [5.74, 6) is 0. The number of hydrogen-bond acceptors (Lipinski definition) is 3. The summed E-state index contributed by atoms with van der Waals surface area (Å²) in [6.07, 6.45) is 9.36. The molecule has 1 rings (SSSR count). The third-order valence-electron chi connectivity index (χ3n) is 2.44. The smallest absolute Gasteiger partial charge is 0.139 e. The van der Waals surface area contributed by atoms with Crippen molar-refractivity contribution in [2.75, 3.05) is 6.54 Å². The molecule has 0 heterocycles. The lowest BCUT2D eigenvalue weighted by atomic mass is 10.2. The van der Waals surface area contributed by atoms with E-state index in [9.17, 15) is 4.79 Å². The van der Waals surface area contributed by atoms with Crippen LogP contribution < -0.4 is 0 Å². The van der Waals surface area contributed by atoms with Crippen LogP contribution in [0.25, 0.3) is 0 Å². The van der Waals surface area contributed by atoms with Crippen LogP contribution in [0.2, 0.25) is 0 Å². The van der Waals surface area contributed by atoms with Crippen LogP contribution in [0, 0.1) is 0 Å². The van der Waals surface area contributed by atoms with Gasteiger partial charge in [-0.25, -0.2) is 0 Å². The maximum absolute atomic E-state index is 10.4. The Balaban J connectivity index is 2.48. The Hall–Kier alpha value is -1.12. The summed E-state index contributed by atoms with van der Waals surface area (Å²) in [6.45, 7) is 3.84. The molecule has 3 heteroatoms. The molecule has 0 aromatic rings. The van der Waals surface area contributed by atoms with E-state index in [1.807, 2.05) is 6.20 Å². The summed E-state index contributed by atoms with van der Waals surface area (Å²) in [6, 6.07) is 0.531. The molecule has 0 bridgehead atoms. The van der Waals surface area contributed by atoms with E-state index in [-0.39, 0.29) is 0 Å². The van der Waals surface area contributed by atoms with E-state index < -0.39 is 0 Å². The SMILES string of the molecule is C=N/C=C\N(CC=O)C1CCCC1. The monoisotopic (exact) mass is 180 g/mol. The van der Waals surface area contributed by atoms with E-state index in [0.717, 1.165) is 6.29 Å². The van der Waals surface area contributed by atoms with Crippen LogP contribution in [-0.2, 0) is 4.79 Å². The molecule has 0 atom stereocenters. The standard InChI is InChI=1S/C10H16N2O/c1-11-6-7-12(8-9-13)10-4-2-3-5-10/h6-7,9-10H,1-5,8H2/b7-6-. The molecule has 0 aliphatic heterocycles. The predicted octanol–water partition coefficient (Wildman–Crippen LogP) is 1.60. The first-order chi connectivity index (χ1) is 6.38. The van der Waals surface area contributed by atoms with E-state index in [0.29, 0.717) is 12.6 Å². The van der Waals surface area contributed by atoms with Gasteiger partial charge in [0.25, 0.3) is 0 Å². The minimum atomic E-state index is 0.469. The zero-order valence-corrected chi connectivity index (χ0v) is 7.85. The highest BCUT2D eigenvalue weighted by molar-refractivity contribution is 5.52. The number of hydrogen-bond donors (Lipinski definition) is 0. The van der Waals surface area contributed by atoms with E-state index >= 15 is 0 Å². The van der Waals surface area contributed by atoms with Gasteiger partial charge in [-0.15, -0.1) is 0 Å². The molecule has 0 N–H and O–H groups in total. The molecule has 1 saturated carbocycles. The molecule has 0 unspecified atom stereocenters. The second kappa shape index (κ2) is 5.51. The molecule has 72 valence electrons. The molecule has 0 amide bonds. The van der Waals surface area contributed by atoms with Crippen molar-refractivity contribution in [2.24, 2.45) is 4.99 Å². The molecule has 0 spiro atoms. The number of aliphatic imine (C=N–C) groups is 1. The number of carbonyl (C=O) groups excluding carboxylic acids is 1. The van der Waals surface area contributed by atoms with E-state index in [1.165, 1.54) is 25.7 Å². The first kappa shape index (κ1) is 9.96. The normalized spacial score (nSPS) is 17.8. The van der Waals surface area contributed by atoms with Gasteiger partial charge in [0.05, 0.1) is 6.54 Å². The molecule has 1 aliphatic carbocycles. The summed E-state index contributed by atoms with van der Waals surface area (Å²) < 4.78 is 0. The quantitative estimate of drug-likeness (QED) is 0.475. The van der Waals surface area contributed by atoms with Crippen LogP contribution in [0.3, 0.4) is 0 Å². The second-order valence-corrected chi connectivity index (χ2v) is 3.28. The highest BCUT2D eigenvalue weighted by Gasteiger charge is 2.19. The molecule has 1 fully saturated rings. The Morgan fingerprint density at radius 1 is 1.46 bits per heavy atom. The van der Waals surface area contributed by atoms with Gasteiger partial charge in [0, 0.05) is 18.4 Å². The van der Waals surface area contributed by atoms with Gasteiger partial charge in [0.2, 0.25) is 0 Å². The molecule has 0 aromatic heterocycles. The van der Waals surface area contributed by atoms with Gasteiger partial charge in [0.1, 0.15) is 6.29 Å². The summed E-state index contributed by atoms with van der Waals surface area (Å²) >= 11 is 0. The van der Waals surface area contributed by atoms with E-state index in [4.69, 9.17) is 0 Å². The van der Waals surface area contributed by atoms with E-state index in [1.54, 1.807) is 6.20 Å². The summed E-state index contributed by atoms with van der Waals surface area (Å²) in [4.78, 5) is 16.1. The number of aldehydes is 1. The Morgan fingerprint density at radius 2 is 2.15 bits per heavy atom. The lowest BCUT2D eigenvalue weighted by Crippen LogP contribution is -2.29. The van der Waals surface area contributed by atoms with Gasteiger partial charge in [-0.2, -0.15) is 0 Å². The van der Waals surface area contributed by atoms with E-state index in [2.05, 4.69) is 16.6 Å². The first-order valence-electron chi connectivity index (χ1n) is 4.70. The molecule has 3 nitrogen and oxygen atoms in total. The number of carbonyl (C=O) groups is 1. The molecular formula is C10H16N2O. The van der Waals surface area contributed by atoms with Crippen LogP contribution in [0.4, 0.5) is 0 Å². The summed E-state index contributed by atoms with van der Waals surface area (Å²) in [7, 11) is 0. The lowest BCUT2D eigenvalue weighted by molar-refractivity contribution is -0.108. The molecule has 13 heavy (non-hydrogen) atoms. The Bertz CT molecular complexity index is 195. The molecule has 0 aromatic carbocycles. The Kier molecular flexibility index (Phi) is 4.23. The molecule has 1 aliphatic rings. The second-order valence-electron chi connectivity index (χ2n) is 3.28. The van der Waals surface area contributed by atoms with Crippen molar-refractivity contribution in [1.29, 1.82) is 0 Å². The van der Waals surface area contributed by atoms with Crippen molar-refractivity contribution in [1.82, 2.24) is 4.90 Å². The Morgan fingerprint density at radius 3 is 2.69 bits per heavy atom. The first-order valence-corrected chi connectivity index (χ1v) is 4.70. The summed E-state index contributed by atoms with van der Waals surface area (Å²) in [5.41, 5.74) is 0. The minimum absolute atomic E-state index is 0.469. The zero-order valence-electron chi connectivity index (χ0n) is 7.85. The van der Waals surface area contributed by atoms with Gasteiger partial charge in [-0.1, -0.05) is 12.8 Å². The topological polar surface area (TPSA) is 32.7 Å². The van der Waals surface area contributed by atoms with Gasteiger partial charge in [-0.05, 0) is 19.6 Å². The van der Waals surface area contributed by atoms with Crippen molar-refractivity contribution in [3.05, 3.63) is 12.4 Å². The summed E-state index contributed by atoms with van der Waals surface area (Å²) in [5, 5.41) is 0. The maximum atomic E-state index is 10.4. The number of nitrogens with zero attached hydrogens (tertiary/aromatic N) is 2. The highest BCUT2D eigenvalue weighted by Crippen LogP contribution is 2.23. The lowest BCUT2D eigenvalue weighted by Gasteiger charge is -2.24.